The minimum absolute atomic E-state index is 0.0638. The minimum atomic E-state index is -3.48. The standard InChI is InChI=1S/C13H15NO5S/c1-7-6-10(19-14-7)12-8(2)9(13(15)16)4-5-11(12)20(3,17)18/h4-6,10,14H,1-3H3,(H,15,16). The van der Waals surface area contributed by atoms with Gasteiger partial charge in [-0.25, -0.2) is 13.2 Å². The van der Waals surface area contributed by atoms with Crippen molar-refractivity contribution >= 4 is 15.8 Å². The van der Waals surface area contributed by atoms with Gasteiger partial charge in [0.1, 0.15) is 6.10 Å². The SMILES string of the molecule is CC1=CC(c2c(S(C)(=O)=O)ccc(C(=O)O)c2C)ON1. The first-order chi connectivity index (χ1) is 9.21. The lowest BCUT2D eigenvalue weighted by atomic mass is 9.98. The molecule has 1 atom stereocenters. The third-order valence-corrected chi connectivity index (χ3v) is 4.29. The van der Waals surface area contributed by atoms with Crippen molar-refractivity contribution in [1.82, 2.24) is 5.48 Å². The molecular weight excluding hydrogens is 282 g/mol. The molecule has 0 fully saturated rings. The lowest BCUT2D eigenvalue weighted by Gasteiger charge is -2.17. The van der Waals surface area contributed by atoms with E-state index in [1.807, 2.05) is 0 Å². The maximum Gasteiger partial charge on any atom is 0.335 e. The average Bonchev–Trinajstić information content (AvgIpc) is 2.73. The molecule has 1 heterocycles. The number of carbonyl (C=O) groups is 1. The second-order valence-electron chi connectivity index (χ2n) is 4.72. The monoisotopic (exact) mass is 297 g/mol. The molecule has 0 aliphatic carbocycles. The summed E-state index contributed by atoms with van der Waals surface area (Å²) in [5, 5.41) is 9.16. The number of hydrogen-bond donors (Lipinski definition) is 2. The molecule has 2 N–H and O–H groups in total. The first kappa shape index (κ1) is 14.5. The van der Waals surface area contributed by atoms with Crippen LogP contribution in [0.4, 0.5) is 0 Å². The number of sulfone groups is 1. The summed E-state index contributed by atoms with van der Waals surface area (Å²) in [5.41, 5.74) is 4.20. The van der Waals surface area contributed by atoms with E-state index < -0.39 is 21.9 Å². The second-order valence-corrected chi connectivity index (χ2v) is 6.70. The predicted molar refractivity (Wildman–Crippen MR) is 72.0 cm³/mol. The number of hydrogen-bond acceptors (Lipinski definition) is 5. The molecule has 1 aliphatic heterocycles. The summed E-state index contributed by atoms with van der Waals surface area (Å²) in [4.78, 5) is 16.6. The number of allylic oxidation sites excluding steroid dienone is 1. The molecule has 1 aromatic rings. The molecule has 108 valence electrons. The first-order valence-corrected chi connectivity index (χ1v) is 7.78. The second kappa shape index (κ2) is 4.92. The zero-order valence-electron chi connectivity index (χ0n) is 11.3. The van der Waals surface area contributed by atoms with E-state index in [9.17, 15) is 13.2 Å². The maximum absolute atomic E-state index is 11.9. The molecule has 7 heteroatoms. The molecular formula is C13H15NO5S. The summed E-state index contributed by atoms with van der Waals surface area (Å²) in [6, 6.07) is 2.61. The fraction of sp³-hybridized carbons (Fsp3) is 0.308. The van der Waals surface area contributed by atoms with Gasteiger partial charge in [0.15, 0.2) is 9.84 Å². The van der Waals surface area contributed by atoms with Crippen LogP contribution in [0.15, 0.2) is 28.8 Å². The van der Waals surface area contributed by atoms with E-state index in [-0.39, 0.29) is 10.5 Å². The zero-order chi connectivity index (χ0) is 15.1. The Morgan fingerprint density at radius 2 is 2.00 bits per heavy atom. The van der Waals surface area contributed by atoms with Crippen molar-refractivity contribution in [2.75, 3.05) is 6.26 Å². The summed E-state index contributed by atoms with van der Waals surface area (Å²) in [6.45, 7) is 3.36. The number of benzene rings is 1. The van der Waals surface area contributed by atoms with Gasteiger partial charge in [-0.3, -0.25) is 10.3 Å². The van der Waals surface area contributed by atoms with Crippen LogP contribution >= 0.6 is 0 Å². The van der Waals surface area contributed by atoms with E-state index in [0.29, 0.717) is 11.1 Å². The van der Waals surface area contributed by atoms with Crippen LogP contribution in [0.25, 0.3) is 0 Å². The number of aromatic carboxylic acids is 1. The summed E-state index contributed by atoms with van der Waals surface area (Å²) >= 11 is 0. The quantitative estimate of drug-likeness (QED) is 0.880. The fourth-order valence-corrected chi connectivity index (χ4v) is 3.19. The molecule has 1 aliphatic rings. The van der Waals surface area contributed by atoms with Gasteiger partial charge in [0, 0.05) is 17.5 Å². The number of hydroxylamine groups is 1. The molecule has 0 amide bonds. The van der Waals surface area contributed by atoms with Crippen LogP contribution in [0.2, 0.25) is 0 Å². The van der Waals surface area contributed by atoms with Gasteiger partial charge in [-0.15, -0.1) is 0 Å². The molecule has 20 heavy (non-hydrogen) atoms. The van der Waals surface area contributed by atoms with E-state index >= 15 is 0 Å². The highest BCUT2D eigenvalue weighted by Gasteiger charge is 2.28. The van der Waals surface area contributed by atoms with E-state index in [1.54, 1.807) is 19.9 Å². The Kier molecular flexibility index (Phi) is 3.58. The van der Waals surface area contributed by atoms with Crippen molar-refractivity contribution in [1.29, 1.82) is 0 Å². The molecule has 2 rings (SSSR count). The van der Waals surface area contributed by atoms with Crippen molar-refractivity contribution in [3.63, 3.8) is 0 Å². The van der Waals surface area contributed by atoms with Crippen LogP contribution in [0.1, 0.15) is 34.5 Å². The number of carboxylic acids is 1. The smallest absolute Gasteiger partial charge is 0.335 e. The molecule has 1 unspecified atom stereocenters. The summed E-state index contributed by atoms with van der Waals surface area (Å²) in [5.74, 6) is -1.10. The van der Waals surface area contributed by atoms with E-state index in [4.69, 9.17) is 9.94 Å². The Balaban J connectivity index is 2.73. The van der Waals surface area contributed by atoms with E-state index in [2.05, 4.69) is 5.48 Å². The third kappa shape index (κ3) is 2.54. The Morgan fingerprint density at radius 3 is 2.45 bits per heavy atom. The van der Waals surface area contributed by atoms with Crippen LogP contribution in [0.3, 0.4) is 0 Å². The Morgan fingerprint density at radius 1 is 1.35 bits per heavy atom. The third-order valence-electron chi connectivity index (χ3n) is 3.14. The first-order valence-electron chi connectivity index (χ1n) is 5.88. The maximum atomic E-state index is 11.9. The van der Waals surface area contributed by atoms with Gasteiger partial charge in [-0.05, 0) is 37.6 Å². The molecule has 0 saturated heterocycles. The Labute approximate surface area is 116 Å². The van der Waals surface area contributed by atoms with Crippen molar-refractivity contribution in [2.45, 2.75) is 24.8 Å². The number of carboxylic acid groups (broad SMARTS) is 1. The summed E-state index contributed by atoms with van der Waals surface area (Å²) in [6.07, 6.45) is 2.17. The number of rotatable bonds is 3. The van der Waals surface area contributed by atoms with E-state index in [1.165, 1.54) is 12.1 Å². The van der Waals surface area contributed by atoms with Gasteiger partial charge in [-0.2, -0.15) is 0 Å². The summed E-state index contributed by atoms with van der Waals surface area (Å²) < 4.78 is 23.8. The van der Waals surface area contributed by atoms with Gasteiger partial charge in [0.05, 0.1) is 10.5 Å². The highest BCUT2D eigenvalue weighted by Crippen LogP contribution is 2.33. The van der Waals surface area contributed by atoms with Crippen molar-refractivity contribution in [3.05, 3.63) is 40.6 Å². The van der Waals surface area contributed by atoms with Crippen LogP contribution in [0.5, 0.6) is 0 Å². The largest absolute Gasteiger partial charge is 0.478 e. The molecule has 0 aromatic heterocycles. The lowest BCUT2D eigenvalue weighted by molar-refractivity contribution is 0.0402. The highest BCUT2D eigenvalue weighted by molar-refractivity contribution is 7.90. The molecule has 0 saturated carbocycles. The average molecular weight is 297 g/mol. The molecule has 0 bridgehead atoms. The van der Waals surface area contributed by atoms with Crippen LogP contribution < -0.4 is 5.48 Å². The zero-order valence-corrected chi connectivity index (χ0v) is 12.1. The van der Waals surface area contributed by atoms with Crippen LogP contribution in [-0.2, 0) is 14.7 Å². The highest BCUT2D eigenvalue weighted by atomic mass is 32.2. The van der Waals surface area contributed by atoms with Gasteiger partial charge < -0.3 is 5.11 Å². The van der Waals surface area contributed by atoms with Crippen molar-refractivity contribution in [2.24, 2.45) is 0 Å². The predicted octanol–water partition coefficient (Wildman–Crippen LogP) is 1.58. The number of nitrogens with one attached hydrogen (secondary N) is 1. The fourth-order valence-electron chi connectivity index (χ4n) is 2.21. The van der Waals surface area contributed by atoms with Gasteiger partial charge in [0.25, 0.3) is 0 Å². The van der Waals surface area contributed by atoms with E-state index in [0.717, 1.165) is 12.0 Å². The Hall–Kier alpha value is -1.86. The summed E-state index contributed by atoms with van der Waals surface area (Å²) in [7, 11) is -3.48. The van der Waals surface area contributed by atoms with Crippen LogP contribution in [0, 0.1) is 6.92 Å². The van der Waals surface area contributed by atoms with Crippen LogP contribution in [-0.4, -0.2) is 25.7 Å². The molecule has 6 nitrogen and oxygen atoms in total. The Bertz CT molecular complexity index is 706. The van der Waals surface area contributed by atoms with Gasteiger partial charge in [-0.1, -0.05) is 0 Å². The van der Waals surface area contributed by atoms with Crippen molar-refractivity contribution < 1.29 is 23.2 Å². The topological polar surface area (TPSA) is 92.7 Å². The van der Waals surface area contributed by atoms with Gasteiger partial charge in [0.2, 0.25) is 0 Å². The van der Waals surface area contributed by atoms with Gasteiger partial charge >= 0.3 is 5.97 Å². The van der Waals surface area contributed by atoms with Crippen molar-refractivity contribution in [3.8, 4) is 0 Å². The molecule has 0 spiro atoms. The normalized spacial score (nSPS) is 18.6. The molecule has 1 aromatic carbocycles. The minimum Gasteiger partial charge on any atom is -0.478 e. The molecule has 0 radical (unpaired) electrons. The lowest BCUT2D eigenvalue weighted by Crippen LogP contribution is -2.14.